The number of hydrogen-bond donors (Lipinski definition) is 0. The number of carbonyl (C=O) groups excluding carboxylic acids is 2. The second-order valence-corrected chi connectivity index (χ2v) is 8.59. The van der Waals surface area contributed by atoms with Crippen molar-refractivity contribution in [1.29, 1.82) is 0 Å². The molecule has 0 aromatic heterocycles. The number of benzene rings is 2. The summed E-state index contributed by atoms with van der Waals surface area (Å²) in [7, 11) is 1.55. The minimum atomic E-state index is -0.466. The molecule has 0 radical (unpaired) electrons. The minimum absolute atomic E-state index is 0.240. The van der Waals surface area contributed by atoms with Crippen LogP contribution in [-0.2, 0) is 11.3 Å². The molecular weight excluding hydrogens is 408 g/mol. The molecule has 2 aliphatic heterocycles. The molecule has 2 aliphatic rings. The van der Waals surface area contributed by atoms with Crippen LogP contribution in [0.5, 0.6) is 5.75 Å². The molecule has 1 atom stereocenters. The lowest BCUT2D eigenvalue weighted by Crippen LogP contribution is -2.53. The van der Waals surface area contributed by atoms with Crippen LogP contribution in [0.4, 0.5) is 10.5 Å². The van der Waals surface area contributed by atoms with Crippen LogP contribution in [0.1, 0.15) is 19.4 Å². The molecular formula is C22H20ClN2O3S+. The number of amides is 3. The van der Waals surface area contributed by atoms with Gasteiger partial charge >= 0.3 is 11.9 Å². The molecule has 0 aliphatic carbocycles. The Morgan fingerprint density at radius 1 is 1.14 bits per heavy atom. The van der Waals surface area contributed by atoms with E-state index < -0.39 is 5.92 Å². The normalized spacial score (nSPS) is 19.2. The highest BCUT2D eigenvalue weighted by Gasteiger charge is 2.53. The molecule has 5 nitrogen and oxygen atoms in total. The van der Waals surface area contributed by atoms with Gasteiger partial charge in [-0.25, -0.2) is 4.79 Å². The SMILES string of the molecule is COc1cccc(N2C(=O)C3C(C)=C(C)SC3=[N+](Cc3ccccc3Cl)C2=O)c1. The largest absolute Gasteiger partial charge is 0.506 e. The highest BCUT2D eigenvalue weighted by Crippen LogP contribution is 2.42. The predicted octanol–water partition coefficient (Wildman–Crippen LogP) is 5.08. The van der Waals surface area contributed by atoms with Crippen molar-refractivity contribution in [2.24, 2.45) is 5.92 Å². The smallest absolute Gasteiger partial charge is 0.497 e. The number of ether oxygens (including phenoxy) is 1. The van der Waals surface area contributed by atoms with Gasteiger partial charge in [-0.2, -0.15) is 9.37 Å². The number of rotatable bonds is 4. The van der Waals surface area contributed by atoms with E-state index in [0.29, 0.717) is 23.0 Å². The number of thioether (sulfide) groups is 1. The standard InChI is InChI=1S/C22H20ClN2O3S/c1-13-14(2)29-21-19(13)20(26)25(16-8-6-9-17(11-16)28-3)22(27)24(21)12-15-7-4-5-10-18(15)23/h4-11,19H,12H2,1-3H3/q+1. The Bertz CT molecular complexity index is 1090. The first-order chi connectivity index (χ1) is 13.9. The van der Waals surface area contributed by atoms with Crippen molar-refractivity contribution >= 4 is 46.0 Å². The van der Waals surface area contributed by atoms with E-state index in [1.54, 1.807) is 42.0 Å². The molecule has 0 spiro atoms. The number of halogens is 1. The lowest BCUT2D eigenvalue weighted by Gasteiger charge is -2.25. The third kappa shape index (κ3) is 3.36. The quantitative estimate of drug-likeness (QED) is 0.638. The molecule has 4 rings (SSSR count). The Balaban J connectivity index is 1.84. The van der Waals surface area contributed by atoms with E-state index in [1.165, 1.54) is 16.7 Å². The van der Waals surface area contributed by atoms with Crippen LogP contribution in [0, 0.1) is 5.92 Å². The number of allylic oxidation sites excluding steroid dienone is 1. The van der Waals surface area contributed by atoms with Gasteiger partial charge in [0.05, 0.1) is 7.11 Å². The maximum atomic E-state index is 13.5. The Labute approximate surface area is 178 Å². The molecule has 0 saturated heterocycles. The summed E-state index contributed by atoms with van der Waals surface area (Å²) < 4.78 is 6.94. The Kier molecular flexibility index (Phi) is 5.23. The van der Waals surface area contributed by atoms with E-state index in [4.69, 9.17) is 16.3 Å². The molecule has 0 N–H and O–H groups in total. The fourth-order valence-electron chi connectivity index (χ4n) is 3.55. The zero-order valence-corrected chi connectivity index (χ0v) is 17.9. The van der Waals surface area contributed by atoms with Gasteiger partial charge in [-0.15, -0.1) is 4.90 Å². The average molecular weight is 428 g/mol. The Morgan fingerprint density at radius 3 is 2.62 bits per heavy atom. The number of urea groups is 1. The summed E-state index contributed by atoms with van der Waals surface area (Å²) in [5.74, 6) is -0.123. The minimum Gasteiger partial charge on any atom is -0.497 e. The number of anilines is 1. The molecule has 3 amide bonds. The van der Waals surface area contributed by atoms with Gasteiger partial charge in [0.1, 0.15) is 18.0 Å². The van der Waals surface area contributed by atoms with Gasteiger partial charge in [-0.05, 0) is 42.5 Å². The first kappa shape index (κ1) is 19.7. The van der Waals surface area contributed by atoms with Crippen LogP contribution in [-0.4, -0.2) is 28.7 Å². The molecule has 1 unspecified atom stereocenters. The van der Waals surface area contributed by atoms with E-state index in [1.807, 2.05) is 32.0 Å². The third-order valence-electron chi connectivity index (χ3n) is 5.25. The number of nitrogens with zero attached hydrogens (tertiary/aromatic N) is 2. The van der Waals surface area contributed by atoms with Gasteiger partial charge in [-0.1, -0.05) is 47.6 Å². The fourth-order valence-corrected chi connectivity index (χ4v) is 4.99. The molecule has 0 fully saturated rings. The second-order valence-electron chi connectivity index (χ2n) is 6.95. The van der Waals surface area contributed by atoms with Crippen molar-refractivity contribution in [3.05, 3.63) is 69.6 Å². The van der Waals surface area contributed by atoms with Crippen molar-refractivity contribution in [3.8, 4) is 5.75 Å². The molecule has 0 bridgehead atoms. The Morgan fingerprint density at radius 2 is 1.90 bits per heavy atom. The zero-order valence-electron chi connectivity index (χ0n) is 16.3. The second kappa shape index (κ2) is 7.69. The van der Waals surface area contributed by atoms with Crippen LogP contribution in [0.3, 0.4) is 0 Å². The van der Waals surface area contributed by atoms with Crippen LogP contribution in [0.15, 0.2) is 59.0 Å². The van der Waals surface area contributed by atoms with E-state index in [2.05, 4.69) is 0 Å². The number of imide groups is 1. The van der Waals surface area contributed by atoms with Crippen LogP contribution in [0.2, 0.25) is 5.02 Å². The van der Waals surface area contributed by atoms with Crippen molar-refractivity contribution in [3.63, 3.8) is 0 Å². The summed E-state index contributed by atoms with van der Waals surface area (Å²) in [4.78, 5) is 29.2. The van der Waals surface area contributed by atoms with Crippen molar-refractivity contribution in [1.82, 2.24) is 0 Å². The van der Waals surface area contributed by atoms with Gasteiger partial charge < -0.3 is 4.74 Å². The van der Waals surface area contributed by atoms with Crippen molar-refractivity contribution in [2.45, 2.75) is 20.4 Å². The van der Waals surface area contributed by atoms with Gasteiger partial charge in [0.15, 0.2) is 11.0 Å². The number of carbonyl (C=O) groups is 2. The third-order valence-corrected chi connectivity index (χ3v) is 6.91. The first-order valence-corrected chi connectivity index (χ1v) is 10.4. The summed E-state index contributed by atoms with van der Waals surface area (Å²) >= 11 is 7.84. The van der Waals surface area contributed by atoms with Crippen molar-refractivity contribution in [2.75, 3.05) is 12.0 Å². The number of fused-ring (bicyclic) bond motifs is 1. The van der Waals surface area contributed by atoms with Gasteiger partial charge in [0.2, 0.25) is 0 Å². The molecule has 2 aromatic rings. The van der Waals surface area contributed by atoms with E-state index >= 15 is 0 Å². The maximum Gasteiger partial charge on any atom is 0.506 e. The summed E-state index contributed by atoms with van der Waals surface area (Å²) in [6, 6.07) is 14.0. The molecule has 7 heteroatoms. The molecule has 2 aromatic carbocycles. The molecule has 0 saturated carbocycles. The van der Waals surface area contributed by atoms with Crippen LogP contribution < -0.4 is 9.64 Å². The summed E-state index contributed by atoms with van der Waals surface area (Å²) in [6.07, 6.45) is 0. The summed E-state index contributed by atoms with van der Waals surface area (Å²) in [5.41, 5.74) is 2.29. The maximum absolute atomic E-state index is 13.5. The lowest BCUT2D eigenvalue weighted by molar-refractivity contribution is -0.443. The summed E-state index contributed by atoms with van der Waals surface area (Å²) in [6.45, 7) is 4.23. The first-order valence-electron chi connectivity index (χ1n) is 9.17. The summed E-state index contributed by atoms with van der Waals surface area (Å²) in [5, 5.41) is 1.33. The highest BCUT2D eigenvalue weighted by atomic mass is 35.5. The van der Waals surface area contributed by atoms with Gasteiger partial charge in [-0.3, -0.25) is 0 Å². The van der Waals surface area contributed by atoms with Crippen LogP contribution in [0.25, 0.3) is 0 Å². The predicted molar refractivity (Wildman–Crippen MR) is 116 cm³/mol. The van der Waals surface area contributed by atoms with Gasteiger partial charge in [0.25, 0.3) is 0 Å². The zero-order chi connectivity index (χ0) is 20.7. The van der Waals surface area contributed by atoms with Crippen LogP contribution >= 0.6 is 23.4 Å². The molecule has 29 heavy (non-hydrogen) atoms. The molecule has 148 valence electrons. The monoisotopic (exact) mass is 427 g/mol. The number of methoxy groups -OCH3 is 1. The Hall–Kier alpha value is -2.57. The van der Waals surface area contributed by atoms with Crippen molar-refractivity contribution < 1.29 is 18.9 Å². The van der Waals surface area contributed by atoms with E-state index in [-0.39, 0.29) is 11.9 Å². The van der Waals surface area contributed by atoms with E-state index in [0.717, 1.165) is 21.1 Å². The number of hydrogen-bond acceptors (Lipinski definition) is 4. The fraction of sp³-hybridized carbons (Fsp3) is 0.227. The topological polar surface area (TPSA) is 49.6 Å². The van der Waals surface area contributed by atoms with E-state index in [9.17, 15) is 9.59 Å². The highest BCUT2D eigenvalue weighted by molar-refractivity contribution is 8.17. The average Bonchev–Trinajstić information content (AvgIpc) is 3.01. The molecule has 2 heterocycles. The van der Waals surface area contributed by atoms with Gasteiger partial charge in [0, 0.05) is 16.7 Å². The lowest BCUT2D eigenvalue weighted by atomic mass is 9.97.